The summed E-state index contributed by atoms with van der Waals surface area (Å²) in [6.07, 6.45) is 1.41. The van der Waals surface area contributed by atoms with Gasteiger partial charge in [0.15, 0.2) is 0 Å². The van der Waals surface area contributed by atoms with Crippen molar-refractivity contribution in [2.45, 2.75) is 58.1 Å². The summed E-state index contributed by atoms with van der Waals surface area (Å²) in [5.41, 5.74) is 2.50. The first-order valence-electron chi connectivity index (χ1n) is 10.4. The van der Waals surface area contributed by atoms with Crippen LogP contribution >= 0.6 is 0 Å². The fourth-order valence-corrected chi connectivity index (χ4v) is 4.06. The number of nitrogens with one attached hydrogen (secondary N) is 1. The number of amides is 2. The van der Waals surface area contributed by atoms with E-state index in [9.17, 15) is 9.90 Å². The minimum atomic E-state index is -0.520. The lowest BCUT2D eigenvalue weighted by atomic mass is 9.86. The maximum atomic E-state index is 11.8. The zero-order valence-electron chi connectivity index (χ0n) is 17.7. The van der Waals surface area contributed by atoms with E-state index in [4.69, 9.17) is 4.74 Å². The number of nitrogens with zero attached hydrogens (tertiary/aromatic N) is 2. The number of aryl methyl sites for hydroxylation is 1. The van der Waals surface area contributed by atoms with Gasteiger partial charge in [0, 0.05) is 38.8 Å². The number of aliphatic hydroxyl groups excluding tert-OH is 1. The quantitative estimate of drug-likeness (QED) is 0.785. The van der Waals surface area contributed by atoms with Crippen molar-refractivity contribution in [1.29, 1.82) is 0 Å². The normalized spacial score (nSPS) is 20.3. The molecule has 0 saturated carbocycles. The van der Waals surface area contributed by atoms with Crippen molar-refractivity contribution >= 4 is 6.03 Å². The molecule has 2 amide bonds. The third kappa shape index (κ3) is 5.17. The predicted octanol–water partition coefficient (Wildman–Crippen LogP) is 2.52. The molecule has 2 N–H and O–H groups in total. The summed E-state index contributed by atoms with van der Waals surface area (Å²) < 4.78 is 5.89. The Kier molecular flexibility index (Phi) is 6.50. The molecule has 3 rings (SSSR count). The molecule has 1 atom stereocenters. The highest BCUT2D eigenvalue weighted by Gasteiger charge is 2.31. The molecule has 2 aliphatic heterocycles. The van der Waals surface area contributed by atoms with Crippen LogP contribution < -0.4 is 10.1 Å². The number of benzene rings is 1. The molecule has 0 radical (unpaired) electrons. The number of urea groups is 1. The topological polar surface area (TPSA) is 65.0 Å². The van der Waals surface area contributed by atoms with Gasteiger partial charge in [0.2, 0.25) is 0 Å². The van der Waals surface area contributed by atoms with Crippen LogP contribution in [0.3, 0.4) is 0 Å². The van der Waals surface area contributed by atoms with E-state index >= 15 is 0 Å². The van der Waals surface area contributed by atoms with Gasteiger partial charge in [0.25, 0.3) is 0 Å². The Morgan fingerprint density at radius 3 is 2.54 bits per heavy atom. The Hall–Kier alpha value is -1.79. The number of ether oxygens (including phenoxy) is 1. The average Bonchev–Trinajstić information content (AvgIpc) is 3.06. The van der Waals surface area contributed by atoms with E-state index in [0.717, 1.165) is 50.3 Å². The van der Waals surface area contributed by atoms with Crippen LogP contribution in [0.1, 0.15) is 44.7 Å². The highest BCUT2D eigenvalue weighted by Crippen LogP contribution is 2.27. The van der Waals surface area contributed by atoms with Gasteiger partial charge in [0.1, 0.15) is 18.5 Å². The summed E-state index contributed by atoms with van der Waals surface area (Å²) >= 11 is 0. The van der Waals surface area contributed by atoms with E-state index in [0.29, 0.717) is 19.2 Å². The maximum absolute atomic E-state index is 11.8. The smallest absolute Gasteiger partial charge is 0.317 e. The molecular weight excluding hydrogens is 354 g/mol. The minimum absolute atomic E-state index is 0.0692. The summed E-state index contributed by atoms with van der Waals surface area (Å²) in [7, 11) is 0. The first-order chi connectivity index (χ1) is 13.2. The van der Waals surface area contributed by atoms with Crippen molar-refractivity contribution < 1.29 is 14.6 Å². The van der Waals surface area contributed by atoms with E-state index < -0.39 is 6.10 Å². The third-order valence-electron chi connectivity index (χ3n) is 5.83. The molecular formula is C22H35N3O3. The highest BCUT2D eigenvalue weighted by atomic mass is 16.5. The minimum Gasteiger partial charge on any atom is -0.491 e. The van der Waals surface area contributed by atoms with Crippen LogP contribution in [0.5, 0.6) is 5.75 Å². The molecule has 1 unspecified atom stereocenters. The van der Waals surface area contributed by atoms with Gasteiger partial charge in [-0.25, -0.2) is 4.79 Å². The molecule has 0 aromatic heterocycles. The van der Waals surface area contributed by atoms with Crippen LogP contribution in [-0.2, 0) is 5.41 Å². The van der Waals surface area contributed by atoms with Crippen LogP contribution in [0.2, 0.25) is 0 Å². The van der Waals surface area contributed by atoms with Gasteiger partial charge in [-0.2, -0.15) is 0 Å². The lowest BCUT2D eigenvalue weighted by molar-refractivity contribution is 0.0507. The monoisotopic (exact) mass is 389 g/mol. The molecule has 1 aromatic carbocycles. The number of β-amino-alcohol motifs (C(OH)–C–C–N with tert-alkyl or cyclic N) is 1. The van der Waals surface area contributed by atoms with Gasteiger partial charge in [-0.1, -0.05) is 32.9 Å². The number of hydrogen-bond donors (Lipinski definition) is 2. The van der Waals surface area contributed by atoms with Crippen LogP contribution in [0, 0.1) is 6.92 Å². The molecule has 0 spiro atoms. The van der Waals surface area contributed by atoms with E-state index in [1.54, 1.807) is 0 Å². The fourth-order valence-electron chi connectivity index (χ4n) is 4.06. The molecule has 6 nitrogen and oxygen atoms in total. The Balaban J connectivity index is 1.43. The van der Waals surface area contributed by atoms with Crippen molar-refractivity contribution in [3.63, 3.8) is 0 Å². The number of carbonyl (C=O) groups excluding carboxylic acids is 1. The van der Waals surface area contributed by atoms with Gasteiger partial charge in [0.05, 0.1) is 0 Å². The van der Waals surface area contributed by atoms with Crippen LogP contribution in [0.4, 0.5) is 4.79 Å². The van der Waals surface area contributed by atoms with E-state index in [2.05, 4.69) is 50.0 Å². The van der Waals surface area contributed by atoms with Gasteiger partial charge in [-0.05, 0) is 42.4 Å². The fraction of sp³-hybridized carbons (Fsp3) is 0.682. The van der Waals surface area contributed by atoms with Gasteiger partial charge < -0.3 is 25.0 Å². The lowest BCUT2D eigenvalue weighted by Gasteiger charge is -2.36. The number of likely N-dealkylation sites (tertiary alicyclic amines) is 1. The number of piperidine rings is 1. The Bertz CT molecular complexity index is 678. The summed E-state index contributed by atoms with van der Waals surface area (Å²) in [6, 6.07) is 6.68. The maximum Gasteiger partial charge on any atom is 0.317 e. The third-order valence-corrected chi connectivity index (χ3v) is 5.83. The molecule has 2 saturated heterocycles. The summed E-state index contributed by atoms with van der Waals surface area (Å²) in [6.45, 7) is 12.9. The number of rotatable bonds is 6. The van der Waals surface area contributed by atoms with Crippen LogP contribution in [-0.4, -0.2) is 72.4 Å². The standard InChI is InChI=1S/C22H35N3O3/c1-16-13-17(22(2,3)4)5-6-20(16)28-15-19(26)14-24-10-7-18(8-11-24)25-12-9-23-21(25)27/h5-6,13,18-19,26H,7-12,14-15H2,1-4H3,(H,23,27). The number of hydrogen-bond acceptors (Lipinski definition) is 4. The van der Waals surface area contributed by atoms with Crippen molar-refractivity contribution in [3.8, 4) is 5.75 Å². The van der Waals surface area contributed by atoms with Gasteiger partial charge >= 0.3 is 6.03 Å². The van der Waals surface area contributed by atoms with Crippen molar-refractivity contribution in [3.05, 3.63) is 29.3 Å². The van der Waals surface area contributed by atoms with E-state index in [1.165, 1.54) is 5.56 Å². The first-order valence-corrected chi connectivity index (χ1v) is 10.4. The van der Waals surface area contributed by atoms with Crippen molar-refractivity contribution in [2.75, 3.05) is 39.3 Å². The summed E-state index contributed by atoms with van der Waals surface area (Å²) in [4.78, 5) is 16.0. The molecule has 28 heavy (non-hydrogen) atoms. The van der Waals surface area contributed by atoms with Crippen molar-refractivity contribution in [1.82, 2.24) is 15.1 Å². The lowest BCUT2D eigenvalue weighted by Crippen LogP contribution is -2.48. The predicted molar refractivity (Wildman–Crippen MR) is 111 cm³/mol. The molecule has 2 aliphatic rings. The average molecular weight is 390 g/mol. The molecule has 0 aliphatic carbocycles. The van der Waals surface area contributed by atoms with Crippen LogP contribution in [0.25, 0.3) is 0 Å². The summed E-state index contributed by atoms with van der Waals surface area (Å²) in [5.74, 6) is 0.839. The Morgan fingerprint density at radius 1 is 1.25 bits per heavy atom. The summed E-state index contributed by atoms with van der Waals surface area (Å²) in [5, 5.41) is 13.3. The molecule has 0 bridgehead atoms. The van der Waals surface area contributed by atoms with Crippen LogP contribution in [0.15, 0.2) is 18.2 Å². The highest BCUT2D eigenvalue weighted by molar-refractivity contribution is 5.76. The Labute approximate surface area is 168 Å². The van der Waals surface area contributed by atoms with Crippen molar-refractivity contribution in [2.24, 2.45) is 0 Å². The van der Waals surface area contributed by atoms with Gasteiger partial charge in [-0.15, -0.1) is 0 Å². The Morgan fingerprint density at radius 2 is 1.96 bits per heavy atom. The molecule has 2 heterocycles. The second-order valence-corrected chi connectivity index (χ2v) is 9.15. The molecule has 6 heteroatoms. The van der Waals surface area contributed by atoms with Gasteiger partial charge in [-0.3, -0.25) is 0 Å². The zero-order valence-corrected chi connectivity index (χ0v) is 17.7. The molecule has 1 aromatic rings. The number of carbonyl (C=O) groups is 1. The van der Waals surface area contributed by atoms with E-state index in [-0.39, 0.29) is 11.4 Å². The molecule has 2 fully saturated rings. The second kappa shape index (κ2) is 8.70. The second-order valence-electron chi connectivity index (χ2n) is 9.15. The number of aliphatic hydroxyl groups is 1. The molecule has 156 valence electrons. The zero-order chi connectivity index (χ0) is 20.3. The first kappa shape index (κ1) is 20.9. The SMILES string of the molecule is Cc1cc(C(C)(C)C)ccc1OCC(O)CN1CCC(N2CCNC2=O)CC1. The van der Waals surface area contributed by atoms with E-state index in [1.807, 2.05) is 11.0 Å². The largest absolute Gasteiger partial charge is 0.491 e.